The summed E-state index contributed by atoms with van der Waals surface area (Å²) in [4.78, 5) is 0. The number of hydrogen-bond donors (Lipinski definition) is 1. The Morgan fingerprint density at radius 2 is 2.08 bits per heavy atom. The second-order valence-electron chi connectivity index (χ2n) is 2.37. The van der Waals surface area contributed by atoms with Crippen LogP contribution in [-0.4, -0.2) is 12.2 Å². The summed E-state index contributed by atoms with van der Waals surface area (Å²) >= 11 is 0. The molecule has 1 aromatic carbocycles. The molecule has 1 rings (SSSR count). The molecule has 12 heavy (non-hydrogen) atoms. The second-order valence-corrected chi connectivity index (χ2v) is 2.37. The highest BCUT2D eigenvalue weighted by molar-refractivity contribution is 5.64. The molecule has 64 valence electrons. The van der Waals surface area contributed by atoms with E-state index < -0.39 is 0 Å². The SMILES string of the molecule is CC=C(OC)c1ccccc1O. The Balaban J connectivity index is 3.10. The van der Waals surface area contributed by atoms with Gasteiger partial charge in [0.05, 0.1) is 12.7 Å². The molecule has 0 amide bonds. The number of rotatable bonds is 2. The predicted octanol–water partition coefficient (Wildman–Crippen LogP) is 2.40. The van der Waals surface area contributed by atoms with Gasteiger partial charge in [-0.2, -0.15) is 0 Å². The maximum absolute atomic E-state index is 9.42. The molecular formula is C10H12O2. The minimum absolute atomic E-state index is 0.243. The van der Waals surface area contributed by atoms with Crippen molar-refractivity contribution in [3.05, 3.63) is 35.9 Å². The van der Waals surface area contributed by atoms with Crippen molar-refractivity contribution in [2.45, 2.75) is 6.92 Å². The minimum atomic E-state index is 0.243. The number of aromatic hydroxyl groups is 1. The van der Waals surface area contributed by atoms with Gasteiger partial charge in [0, 0.05) is 0 Å². The Kier molecular flexibility index (Phi) is 2.75. The van der Waals surface area contributed by atoms with Crippen molar-refractivity contribution in [3.8, 4) is 5.75 Å². The van der Waals surface area contributed by atoms with Gasteiger partial charge in [-0.25, -0.2) is 0 Å². The standard InChI is InChI=1S/C10H12O2/c1-3-10(12-2)8-6-4-5-7-9(8)11/h3-7,11H,1-2H3. The van der Waals surface area contributed by atoms with Gasteiger partial charge in [-0.3, -0.25) is 0 Å². The first-order valence-electron chi connectivity index (χ1n) is 3.78. The number of benzene rings is 1. The molecule has 0 aliphatic heterocycles. The average Bonchev–Trinajstić information content (AvgIpc) is 2.10. The summed E-state index contributed by atoms with van der Waals surface area (Å²) in [6, 6.07) is 7.09. The van der Waals surface area contributed by atoms with Gasteiger partial charge < -0.3 is 9.84 Å². The Hall–Kier alpha value is -1.44. The van der Waals surface area contributed by atoms with Gasteiger partial charge in [-0.1, -0.05) is 12.1 Å². The summed E-state index contributed by atoms with van der Waals surface area (Å²) in [5.41, 5.74) is 0.725. The zero-order chi connectivity index (χ0) is 8.97. The molecule has 2 heteroatoms. The lowest BCUT2D eigenvalue weighted by molar-refractivity contribution is 0.365. The molecule has 0 heterocycles. The topological polar surface area (TPSA) is 29.5 Å². The number of para-hydroxylation sites is 1. The Bertz CT molecular complexity index is 290. The van der Waals surface area contributed by atoms with E-state index >= 15 is 0 Å². The Labute approximate surface area is 72.1 Å². The van der Waals surface area contributed by atoms with Crippen LogP contribution in [0, 0.1) is 0 Å². The first-order chi connectivity index (χ1) is 5.79. The van der Waals surface area contributed by atoms with E-state index in [9.17, 15) is 5.11 Å². The van der Waals surface area contributed by atoms with E-state index in [4.69, 9.17) is 4.74 Å². The largest absolute Gasteiger partial charge is 0.507 e. The second kappa shape index (κ2) is 3.81. The third kappa shape index (κ3) is 1.59. The summed E-state index contributed by atoms with van der Waals surface area (Å²) < 4.78 is 5.07. The molecule has 0 bridgehead atoms. The van der Waals surface area contributed by atoms with Crippen molar-refractivity contribution < 1.29 is 9.84 Å². The Morgan fingerprint density at radius 3 is 2.58 bits per heavy atom. The van der Waals surface area contributed by atoms with Crippen LogP contribution in [0.25, 0.3) is 5.76 Å². The third-order valence-corrected chi connectivity index (χ3v) is 1.65. The maximum atomic E-state index is 9.42. The fourth-order valence-corrected chi connectivity index (χ4v) is 1.07. The molecule has 0 aliphatic carbocycles. The van der Waals surface area contributed by atoms with Crippen molar-refractivity contribution in [2.24, 2.45) is 0 Å². The first-order valence-corrected chi connectivity index (χ1v) is 3.78. The fraction of sp³-hybridized carbons (Fsp3) is 0.200. The van der Waals surface area contributed by atoms with Crippen molar-refractivity contribution in [1.29, 1.82) is 0 Å². The third-order valence-electron chi connectivity index (χ3n) is 1.65. The number of methoxy groups -OCH3 is 1. The molecule has 0 saturated heterocycles. The highest BCUT2D eigenvalue weighted by Crippen LogP contribution is 2.24. The summed E-state index contributed by atoms with van der Waals surface area (Å²) in [5.74, 6) is 0.931. The van der Waals surface area contributed by atoms with Gasteiger partial charge in [0.2, 0.25) is 0 Å². The molecule has 0 radical (unpaired) electrons. The van der Waals surface area contributed by atoms with Gasteiger partial charge in [0.1, 0.15) is 11.5 Å². The number of hydrogen-bond acceptors (Lipinski definition) is 2. The van der Waals surface area contributed by atoms with Gasteiger partial charge in [-0.05, 0) is 25.1 Å². The molecule has 1 N–H and O–H groups in total. The highest BCUT2D eigenvalue weighted by atomic mass is 16.5. The van der Waals surface area contributed by atoms with Crippen molar-refractivity contribution in [3.63, 3.8) is 0 Å². The normalized spacial score (nSPS) is 11.3. The van der Waals surface area contributed by atoms with Gasteiger partial charge in [-0.15, -0.1) is 0 Å². The van der Waals surface area contributed by atoms with Crippen LogP contribution in [0.5, 0.6) is 5.75 Å². The molecule has 0 fully saturated rings. The van der Waals surface area contributed by atoms with Crippen LogP contribution in [0.4, 0.5) is 0 Å². The summed E-state index contributed by atoms with van der Waals surface area (Å²) in [6.07, 6.45) is 1.81. The van der Waals surface area contributed by atoms with E-state index in [2.05, 4.69) is 0 Å². The Morgan fingerprint density at radius 1 is 1.42 bits per heavy atom. The zero-order valence-corrected chi connectivity index (χ0v) is 7.24. The van der Waals surface area contributed by atoms with Crippen LogP contribution in [0.2, 0.25) is 0 Å². The van der Waals surface area contributed by atoms with Crippen LogP contribution in [0.15, 0.2) is 30.3 Å². The minimum Gasteiger partial charge on any atom is -0.507 e. The van der Waals surface area contributed by atoms with Crippen molar-refractivity contribution in [2.75, 3.05) is 7.11 Å². The van der Waals surface area contributed by atoms with Crippen LogP contribution in [0.1, 0.15) is 12.5 Å². The summed E-state index contributed by atoms with van der Waals surface area (Å²) in [6.45, 7) is 1.87. The average molecular weight is 164 g/mol. The van der Waals surface area contributed by atoms with Gasteiger partial charge in [0.25, 0.3) is 0 Å². The lowest BCUT2D eigenvalue weighted by atomic mass is 10.1. The van der Waals surface area contributed by atoms with Crippen LogP contribution >= 0.6 is 0 Å². The van der Waals surface area contributed by atoms with E-state index in [-0.39, 0.29) is 5.75 Å². The number of phenols is 1. The summed E-state index contributed by atoms with van der Waals surface area (Å²) in [5, 5.41) is 9.42. The molecule has 1 aromatic rings. The molecule has 0 saturated carbocycles. The molecular weight excluding hydrogens is 152 g/mol. The molecule has 2 nitrogen and oxygen atoms in total. The predicted molar refractivity (Wildman–Crippen MR) is 48.8 cm³/mol. The lowest BCUT2D eigenvalue weighted by Gasteiger charge is -2.06. The molecule has 0 aliphatic rings. The zero-order valence-electron chi connectivity index (χ0n) is 7.24. The van der Waals surface area contributed by atoms with Gasteiger partial charge in [0.15, 0.2) is 0 Å². The van der Waals surface area contributed by atoms with Crippen molar-refractivity contribution in [1.82, 2.24) is 0 Å². The molecule has 0 spiro atoms. The number of ether oxygens (including phenoxy) is 1. The monoisotopic (exact) mass is 164 g/mol. The number of allylic oxidation sites excluding steroid dienone is 1. The van der Waals surface area contributed by atoms with E-state index in [1.165, 1.54) is 0 Å². The van der Waals surface area contributed by atoms with E-state index in [1.54, 1.807) is 19.2 Å². The molecule has 0 aromatic heterocycles. The van der Waals surface area contributed by atoms with E-state index in [0.29, 0.717) is 5.76 Å². The van der Waals surface area contributed by atoms with Crippen LogP contribution < -0.4 is 0 Å². The lowest BCUT2D eigenvalue weighted by Crippen LogP contribution is -1.86. The first kappa shape index (κ1) is 8.65. The maximum Gasteiger partial charge on any atom is 0.126 e. The van der Waals surface area contributed by atoms with E-state index in [1.807, 2.05) is 25.1 Å². The highest BCUT2D eigenvalue weighted by Gasteiger charge is 2.03. The fourth-order valence-electron chi connectivity index (χ4n) is 1.07. The quantitative estimate of drug-likeness (QED) is 0.680. The smallest absolute Gasteiger partial charge is 0.126 e. The van der Waals surface area contributed by atoms with Crippen LogP contribution in [0.3, 0.4) is 0 Å². The van der Waals surface area contributed by atoms with Crippen molar-refractivity contribution >= 4 is 5.76 Å². The summed E-state index contributed by atoms with van der Waals surface area (Å²) in [7, 11) is 1.59. The molecule has 0 unspecified atom stereocenters. The molecule has 0 atom stereocenters. The van der Waals surface area contributed by atoms with E-state index in [0.717, 1.165) is 5.56 Å². The van der Waals surface area contributed by atoms with Crippen LogP contribution in [-0.2, 0) is 4.74 Å². The van der Waals surface area contributed by atoms with Gasteiger partial charge >= 0.3 is 0 Å². The number of phenolic OH excluding ortho intramolecular Hbond substituents is 1.